The first-order valence-electron chi connectivity index (χ1n) is 4.28. The van der Waals surface area contributed by atoms with E-state index in [1.54, 1.807) is 0 Å². The van der Waals surface area contributed by atoms with E-state index in [0.29, 0.717) is 13.2 Å². The molecule has 12 heavy (non-hydrogen) atoms. The summed E-state index contributed by atoms with van der Waals surface area (Å²) >= 11 is 0. The van der Waals surface area contributed by atoms with E-state index in [-0.39, 0.29) is 11.7 Å². The van der Waals surface area contributed by atoms with Crippen LogP contribution < -0.4 is 0 Å². The number of likely N-dealkylation sites (N-methyl/N-ethyl adjacent to an activating group) is 1. The fourth-order valence-corrected chi connectivity index (χ4v) is 0.820. The molecule has 0 unspecified atom stereocenters. The molecule has 0 saturated heterocycles. The van der Waals surface area contributed by atoms with Crippen molar-refractivity contribution >= 4 is 0 Å². The number of hydrogen-bond acceptors (Lipinski definition) is 3. The van der Waals surface area contributed by atoms with E-state index in [0.717, 1.165) is 0 Å². The minimum atomic E-state index is -0.390. The van der Waals surface area contributed by atoms with Crippen molar-refractivity contribution in [1.29, 1.82) is 0 Å². The summed E-state index contributed by atoms with van der Waals surface area (Å²) in [6.45, 7) is 7.00. The predicted octanol–water partition coefficient (Wildman–Crippen LogP) is 0.724. The van der Waals surface area contributed by atoms with Crippen molar-refractivity contribution in [2.75, 3.05) is 27.2 Å². The second kappa shape index (κ2) is 4.80. The normalized spacial score (nSPS) is 15.2. The topological polar surface area (TPSA) is 32.7 Å². The van der Waals surface area contributed by atoms with Crippen LogP contribution in [0, 0.1) is 0 Å². The summed E-state index contributed by atoms with van der Waals surface area (Å²) in [6, 6.07) is 0. The molecule has 0 aromatic rings. The van der Waals surface area contributed by atoms with Crippen LogP contribution >= 0.6 is 0 Å². The summed E-state index contributed by atoms with van der Waals surface area (Å²) in [6.07, 6.45) is -0.390. The van der Waals surface area contributed by atoms with Crippen LogP contribution in [0.5, 0.6) is 0 Å². The Labute approximate surface area is 75.3 Å². The number of hydrogen-bond donors (Lipinski definition) is 1. The van der Waals surface area contributed by atoms with Crippen LogP contribution in [0.1, 0.15) is 20.8 Å². The van der Waals surface area contributed by atoms with Gasteiger partial charge in [-0.05, 0) is 34.9 Å². The van der Waals surface area contributed by atoms with E-state index >= 15 is 0 Å². The van der Waals surface area contributed by atoms with Gasteiger partial charge in [-0.15, -0.1) is 0 Å². The summed E-state index contributed by atoms with van der Waals surface area (Å²) in [5, 5.41) is 9.42. The number of nitrogens with zero attached hydrogens (tertiary/aromatic N) is 1. The van der Waals surface area contributed by atoms with Gasteiger partial charge >= 0.3 is 0 Å². The van der Waals surface area contributed by atoms with Gasteiger partial charge in [0, 0.05) is 6.54 Å². The van der Waals surface area contributed by atoms with Gasteiger partial charge in [-0.1, -0.05) is 0 Å². The van der Waals surface area contributed by atoms with Gasteiger partial charge in [-0.2, -0.15) is 0 Å². The van der Waals surface area contributed by atoms with Crippen molar-refractivity contribution in [3.05, 3.63) is 0 Å². The number of aliphatic hydroxyl groups is 1. The maximum absolute atomic E-state index is 9.42. The van der Waals surface area contributed by atoms with Crippen molar-refractivity contribution in [3.63, 3.8) is 0 Å². The van der Waals surface area contributed by atoms with Crippen molar-refractivity contribution < 1.29 is 9.84 Å². The average Bonchev–Trinajstić information content (AvgIpc) is 1.80. The van der Waals surface area contributed by atoms with E-state index in [4.69, 9.17) is 4.74 Å². The highest BCUT2D eigenvalue weighted by Crippen LogP contribution is 2.06. The molecule has 1 N–H and O–H groups in total. The van der Waals surface area contributed by atoms with E-state index in [1.165, 1.54) is 0 Å². The maximum Gasteiger partial charge on any atom is 0.0900 e. The first-order chi connectivity index (χ1) is 5.31. The Morgan fingerprint density at radius 1 is 1.33 bits per heavy atom. The molecule has 3 nitrogen and oxygen atoms in total. The van der Waals surface area contributed by atoms with Gasteiger partial charge in [0.1, 0.15) is 0 Å². The minimum absolute atomic E-state index is 0.159. The van der Waals surface area contributed by atoms with Gasteiger partial charge in [0.15, 0.2) is 0 Å². The number of rotatable bonds is 4. The quantitative estimate of drug-likeness (QED) is 0.683. The third kappa shape index (κ3) is 7.98. The van der Waals surface area contributed by atoms with Gasteiger partial charge in [-0.3, -0.25) is 0 Å². The van der Waals surface area contributed by atoms with Gasteiger partial charge in [0.2, 0.25) is 0 Å². The standard InChI is InChI=1S/C9H21NO2/c1-9(2,3)12-7-8(11)6-10(4)5/h8,11H,6-7H2,1-5H3/t8-/m0/s1. The fraction of sp³-hybridized carbons (Fsp3) is 1.00. The Morgan fingerprint density at radius 2 is 1.83 bits per heavy atom. The monoisotopic (exact) mass is 175 g/mol. The Morgan fingerprint density at radius 3 is 2.17 bits per heavy atom. The van der Waals surface area contributed by atoms with Crippen molar-refractivity contribution in [1.82, 2.24) is 4.90 Å². The number of aliphatic hydroxyl groups excluding tert-OH is 1. The van der Waals surface area contributed by atoms with Crippen molar-refractivity contribution in [3.8, 4) is 0 Å². The SMILES string of the molecule is CN(C)C[C@H](O)COC(C)(C)C. The molecular formula is C9H21NO2. The highest BCUT2D eigenvalue weighted by Gasteiger charge is 2.13. The zero-order chi connectivity index (χ0) is 9.78. The zero-order valence-corrected chi connectivity index (χ0v) is 8.79. The maximum atomic E-state index is 9.42. The van der Waals surface area contributed by atoms with E-state index in [9.17, 15) is 5.11 Å². The summed E-state index contributed by atoms with van der Waals surface area (Å²) in [7, 11) is 3.86. The lowest BCUT2D eigenvalue weighted by molar-refractivity contribution is -0.0533. The minimum Gasteiger partial charge on any atom is -0.389 e. The first kappa shape index (κ1) is 11.9. The Balaban J connectivity index is 3.51. The van der Waals surface area contributed by atoms with E-state index in [1.807, 2.05) is 39.8 Å². The average molecular weight is 175 g/mol. The van der Waals surface area contributed by atoms with Crippen molar-refractivity contribution in [2.24, 2.45) is 0 Å². The molecule has 74 valence electrons. The molecule has 0 aliphatic rings. The lowest BCUT2D eigenvalue weighted by Crippen LogP contribution is -2.33. The molecule has 0 aliphatic carbocycles. The van der Waals surface area contributed by atoms with Gasteiger partial charge < -0.3 is 14.7 Å². The molecule has 0 amide bonds. The Hall–Kier alpha value is -0.120. The largest absolute Gasteiger partial charge is 0.389 e. The molecule has 0 fully saturated rings. The molecule has 0 aromatic heterocycles. The van der Waals surface area contributed by atoms with Crippen LogP contribution in [0.3, 0.4) is 0 Å². The third-order valence-electron chi connectivity index (χ3n) is 1.28. The molecule has 0 radical (unpaired) electrons. The lowest BCUT2D eigenvalue weighted by Gasteiger charge is -2.23. The summed E-state index contributed by atoms with van der Waals surface area (Å²) in [5.74, 6) is 0. The smallest absolute Gasteiger partial charge is 0.0900 e. The third-order valence-corrected chi connectivity index (χ3v) is 1.28. The molecule has 0 aromatic carbocycles. The zero-order valence-electron chi connectivity index (χ0n) is 8.79. The van der Waals surface area contributed by atoms with Crippen LogP contribution in [0.25, 0.3) is 0 Å². The Kier molecular flexibility index (Phi) is 4.75. The van der Waals surface area contributed by atoms with E-state index in [2.05, 4.69) is 0 Å². The molecule has 0 aliphatic heterocycles. The van der Waals surface area contributed by atoms with Crippen LogP contribution in [-0.2, 0) is 4.74 Å². The summed E-state index contributed by atoms with van der Waals surface area (Å²) < 4.78 is 5.42. The molecule has 0 spiro atoms. The fourth-order valence-electron chi connectivity index (χ4n) is 0.820. The van der Waals surface area contributed by atoms with Crippen molar-refractivity contribution in [2.45, 2.75) is 32.5 Å². The van der Waals surface area contributed by atoms with Crippen LogP contribution in [0.2, 0.25) is 0 Å². The molecule has 0 saturated carbocycles. The summed E-state index contributed by atoms with van der Waals surface area (Å²) in [5.41, 5.74) is -0.159. The van der Waals surface area contributed by atoms with Crippen LogP contribution in [0.4, 0.5) is 0 Å². The lowest BCUT2D eigenvalue weighted by atomic mass is 10.2. The predicted molar refractivity (Wildman–Crippen MR) is 50.3 cm³/mol. The highest BCUT2D eigenvalue weighted by atomic mass is 16.5. The van der Waals surface area contributed by atoms with E-state index < -0.39 is 0 Å². The molecular weight excluding hydrogens is 154 g/mol. The van der Waals surface area contributed by atoms with Gasteiger partial charge in [0.05, 0.1) is 18.3 Å². The molecule has 0 heterocycles. The first-order valence-corrected chi connectivity index (χ1v) is 4.28. The number of ether oxygens (including phenoxy) is 1. The molecule has 0 rings (SSSR count). The summed E-state index contributed by atoms with van der Waals surface area (Å²) in [4.78, 5) is 1.94. The van der Waals surface area contributed by atoms with Crippen LogP contribution in [0.15, 0.2) is 0 Å². The molecule has 1 atom stereocenters. The highest BCUT2D eigenvalue weighted by molar-refractivity contribution is 4.63. The van der Waals surface area contributed by atoms with Gasteiger partial charge in [0.25, 0.3) is 0 Å². The second-order valence-electron chi connectivity index (χ2n) is 4.34. The second-order valence-corrected chi connectivity index (χ2v) is 4.34. The Bertz CT molecular complexity index is 118. The van der Waals surface area contributed by atoms with Gasteiger partial charge in [-0.25, -0.2) is 0 Å². The van der Waals surface area contributed by atoms with Crippen LogP contribution in [-0.4, -0.2) is 49.0 Å². The molecule has 0 bridgehead atoms. The molecule has 3 heteroatoms.